The van der Waals surface area contributed by atoms with Gasteiger partial charge in [0.1, 0.15) is 0 Å². The molecule has 0 aliphatic rings. The van der Waals surface area contributed by atoms with Crippen LogP contribution < -0.4 is 10.6 Å². The van der Waals surface area contributed by atoms with E-state index in [1.165, 1.54) is 6.07 Å². The molecule has 0 aliphatic carbocycles. The lowest BCUT2D eigenvalue weighted by Gasteiger charge is -2.14. The lowest BCUT2D eigenvalue weighted by Crippen LogP contribution is -2.32. The first-order valence-corrected chi connectivity index (χ1v) is 6.25. The van der Waals surface area contributed by atoms with E-state index in [4.69, 9.17) is 0 Å². The Labute approximate surface area is 107 Å². The smallest absolute Gasteiger partial charge is 0.311 e. The van der Waals surface area contributed by atoms with Crippen molar-refractivity contribution in [3.05, 3.63) is 28.4 Å². The van der Waals surface area contributed by atoms with Crippen LogP contribution >= 0.6 is 0 Å². The molecule has 6 nitrogen and oxygen atoms in total. The van der Waals surface area contributed by atoms with Gasteiger partial charge in [-0.1, -0.05) is 13.8 Å². The van der Waals surface area contributed by atoms with Crippen LogP contribution in [-0.2, 0) is 0 Å². The van der Waals surface area contributed by atoms with Crippen LogP contribution in [0.3, 0.4) is 0 Å². The van der Waals surface area contributed by atoms with Crippen LogP contribution in [0.2, 0.25) is 0 Å². The molecule has 0 saturated heterocycles. The number of anilines is 1. The maximum atomic E-state index is 10.8. The first kappa shape index (κ1) is 14.4. The van der Waals surface area contributed by atoms with Gasteiger partial charge in [0.25, 0.3) is 0 Å². The number of hydrogen-bond donors (Lipinski definition) is 2. The fourth-order valence-electron chi connectivity index (χ4n) is 1.71. The molecule has 2 N–H and O–H groups in total. The first-order valence-electron chi connectivity index (χ1n) is 6.25. The van der Waals surface area contributed by atoms with Crippen molar-refractivity contribution in [1.29, 1.82) is 0 Å². The number of aromatic nitrogens is 1. The number of nitrogens with zero attached hydrogens (tertiary/aromatic N) is 2. The van der Waals surface area contributed by atoms with Crippen LogP contribution in [0.4, 0.5) is 11.5 Å². The summed E-state index contributed by atoms with van der Waals surface area (Å²) in [6, 6.07) is 3.51. The first-order chi connectivity index (χ1) is 8.69. The summed E-state index contributed by atoms with van der Waals surface area (Å²) in [5.41, 5.74) is 0.0139. The maximum Gasteiger partial charge on any atom is 0.311 e. The van der Waals surface area contributed by atoms with Crippen LogP contribution in [0.5, 0.6) is 0 Å². The molecular formula is C12H20N4O2. The highest BCUT2D eigenvalue weighted by Crippen LogP contribution is 2.19. The quantitative estimate of drug-likeness (QED) is 0.421. The van der Waals surface area contributed by atoms with E-state index in [9.17, 15) is 10.1 Å². The van der Waals surface area contributed by atoms with Crippen molar-refractivity contribution in [2.24, 2.45) is 0 Å². The summed E-state index contributed by atoms with van der Waals surface area (Å²) in [7, 11) is 0. The number of rotatable bonds is 8. The summed E-state index contributed by atoms with van der Waals surface area (Å²) >= 11 is 0. The van der Waals surface area contributed by atoms with Crippen molar-refractivity contribution < 1.29 is 4.92 Å². The van der Waals surface area contributed by atoms with Crippen LogP contribution in [0.25, 0.3) is 0 Å². The molecule has 0 saturated carbocycles. The molecule has 1 aromatic heterocycles. The zero-order valence-corrected chi connectivity index (χ0v) is 10.8. The molecule has 0 aliphatic heterocycles. The summed E-state index contributed by atoms with van der Waals surface area (Å²) in [5, 5.41) is 17.1. The van der Waals surface area contributed by atoms with Crippen molar-refractivity contribution >= 4 is 11.5 Å². The van der Waals surface area contributed by atoms with Crippen molar-refractivity contribution in [2.75, 3.05) is 18.4 Å². The Hall–Kier alpha value is -1.69. The van der Waals surface area contributed by atoms with Crippen LogP contribution in [-0.4, -0.2) is 29.0 Å². The number of hydrogen-bond acceptors (Lipinski definition) is 5. The Morgan fingerprint density at radius 3 is 2.72 bits per heavy atom. The van der Waals surface area contributed by atoms with Crippen molar-refractivity contribution in [1.82, 2.24) is 10.3 Å². The molecule has 0 unspecified atom stereocenters. The predicted molar refractivity (Wildman–Crippen MR) is 71.8 cm³/mol. The van der Waals surface area contributed by atoms with Crippen LogP contribution in [0.15, 0.2) is 18.3 Å². The Kier molecular flexibility index (Phi) is 6.07. The van der Waals surface area contributed by atoms with Gasteiger partial charge < -0.3 is 10.6 Å². The van der Waals surface area contributed by atoms with Gasteiger partial charge >= 0.3 is 5.69 Å². The third kappa shape index (κ3) is 4.29. The molecular weight excluding hydrogens is 232 g/mol. The van der Waals surface area contributed by atoms with Gasteiger partial charge in [-0.3, -0.25) is 10.1 Å². The third-order valence-corrected chi connectivity index (χ3v) is 2.82. The van der Waals surface area contributed by atoms with Crippen molar-refractivity contribution in [3.8, 4) is 0 Å². The van der Waals surface area contributed by atoms with Crippen molar-refractivity contribution in [3.63, 3.8) is 0 Å². The standard InChI is InChI=1S/C12H20N4O2/c1-3-10(4-2)13-8-9-15-12-11(16(17)18)6-5-7-14-12/h5-7,10,13H,3-4,8-9H2,1-2H3,(H,14,15). The predicted octanol–water partition coefficient (Wildman–Crippen LogP) is 2.18. The van der Waals surface area contributed by atoms with Crippen LogP contribution in [0, 0.1) is 10.1 Å². The van der Waals surface area contributed by atoms with E-state index in [0.717, 1.165) is 19.4 Å². The highest BCUT2D eigenvalue weighted by Gasteiger charge is 2.13. The van der Waals surface area contributed by atoms with Gasteiger partial charge in [0.2, 0.25) is 5.82 Å². The Morgan fingerprint density at radius 1 is 1.39 bits per heavy atom. The SMILES string of the molecule is CCC(CC)NCCNc1ncccc1[N+](=O)[O-]. The molecule has 0 amide bonds. The second-order valence-electron chi connectivity index (χ2n) is 4.02. The maximum absolute atomic E-state index is 10.8. The molecule has 18 heavy (non-hydrogen) atoms. The van der Waals surface area contributed by atoms with Gasteiger partial charge in [-0.2, -0.15) is 0 Å². The summed E-state index contributed by atoms with van der Waals surface area (Å²) < 4.78 is 0. The van der Waals surface area contributed by atoms with Gasteiger partial charge in [0.15, 0.2) is 0 Å². The summed E-state index contributed by atoms with van der Waals surface area (Å²) in [6.07, 6.45) is 3.71. The molecule has 0 radical (unpaired) electrons. The molecule has 0 bridgehead atoms. The Bertz CT molecular complexity index is 380. The minimum atomic E-state index is -0.427. The monoisotopic (exact) mass is 252 g/mol. The van der Waals surface area contributed by atoms with Crippen LogP contribution in [0.1, 0.15) is 26.7 Å². The molecule has 1 heterocycles. The molecule has 0 aromatic carbocycles. The molecule has 1 rings (SSSR count). The van der Waals surface area contributed by atoms with E-state index in [0.29, 0.717) is 18.4 Å². The largest absolute Gasteiger partial charge is 0.363 e. The second-order valence-corrected chi connectivity index (χ2v) is 4.02. The summed E-state index contributed by atoms with van der Waals surface area (Å²) in [4.78, 5) is 14.3. The van der Waals surface area contributed by atoms with E-state index >= 15 is 0 Å². The fraction of sp³-hybridized carbons (Fsp3) is 0.583. The summed E-state index contributed by atoms with van der Waals surface area (Å²) in [6.45, 7) is 5.66. The van der Waals surface area contributed by atoms with Gasteiger partial charge in [0.05, 0.1) is 4.92 Å². The topological polar surface area (TPSA) is 80.1 Å². The normalized spacial score (nSPS) is 10.6. The minimum absolute atomic E-state index is 0.0139. The van der Waals surface area contributed by atoms with E-state index in [1.807, 2.05) is 0 Å². The molecule has 0 spiro atoms. The number of pyridine rings is 1. The van der Waals surface area contributed by atoms with Gasteiger partial charge in [0, 0.05) is 31.4 Å². The average Bonchev–Trinajstić information content (AvgIpc) is 2.39. The van der Waals surface area contributed by atoms with Gasteiger partial charge in [-0.05, 0) is 18.9 Å². The zero-order valence-electron chi connectivity index (χ0n) is 10.8. The highest BCUT2D eigenvalue weighted by molar-refractivity contribution is 5.54. The van der Waals surface area contributed by atoms with E-state index in [2.05, 4.69) is 29.5 Å². The number of nitro groups is 1. The fourth-order valence-corrected chi connectivity index (χ4v) is 1.71. The zero-order chi connectivity index (χ0) is 13.4. The molecule has 1 aromatic rings. The molecule has 100 valence electrons. The minimum Gasteiger partial charge on any atom is -0.363 e. The second kappa shape index (κ2) is 7.60. The Balaban J connectivity index is 2.42. The van der Waals surface area contributed by atoms with Gasteiger partial charge in [-0.25, -0.2) is 4.98 Å². The Morgan fingerprint density at radius 2 is 2.11 bits per heavy atom. The third-order valence-electron chi connectivity index (χ3n) is 2.82. The molecule has 6 heteroatoms. The molecule has 0 atom stereocenters. The lowest BCUT2D eigenvalue weighted by molar-refractivity contribution is -0.384. The van der Waals surface area contributed by atoms with E-state index in [-0.39, 0.29) is 5.69 Å². The van der Waals surface area contributed by atoms with Gasteiger partial charge in [-0.15, -0.1) is 0 Å². The average molecular weight is 252 g/mol. The number of nitrogens with one attached hydrogen (secondary N) is 2. The van der Waals surface area contributed by atoms with Crippen molar-refractivity contribution in [2.45, 2.75) is 32.7 Å². The highest BCUT2D eigenvalue weighted by atomic mass is 16.6. The van der Waals surface area contributed by atoms with E-state index < -0.39 is 4.92 Å². The summed E-state index contributed by atoms with van der Waals surface area (Å²) in [5.74, 6) is 0.328. The molecule has 0 fully saturated rings. The van der Waals surface area contributed by atoms with E-state index in [1.54, 1.807) is 12.3 Å². The lowest BCUT2D eigenvalue weighted by atomic mass is 10.2.